The van der Waals surface area contributed by atoms with E-state index >= 15 is 0 Å². The SMILES string of the molecule is Fc1cc(F)c2nc(Cl)ncc2c1. The lowest BCUT2D eigenvalue weighted by atomic mass is 10.2. The number of rotatable bonds is 0. The Labute approximate surface area is 77.2 Å². The van der Waals surface area contributed by atoms with Crippen molar-refractivity contribution in [1.29, 1.82) is 0 Å². The highest BCUT2D eigenvalue weighted by Crippen LogP contribution is 2.17. The molecule has 0 radical (unpaired) electrons. The van der Waals surface area contributed by atoms with Gasteiger partial charge >= 0.3 is 0 Å². The van der Waals surface area contributed by atoms with E-state index in [9.17, 15) is 8.78 Å². The summed E-state index contributed by atoms with van der Waals surface area (Å²) in [4.78, 5) is 7.24. The van der Waals surface area contributed by atoms with Crippen molar-refractivity contribution in [3.63, 3.8) is 0 Å². The summed E-state index contributed by atoms with van der Waals surface area (Å²) in [5.74, 6) is -1.39. The molecule has 13 heavy (non-hydrogen) atoms. The molecule has 0 aliphatic carbocycles. The van der Waals surface area contributed by atoms with Gasteiger partial charge in [-0.15, -0.1) is 0 Å². The molecule has 0 amide bonds. The summed E-state index contributed by atoms with van der Waals surface area (Å²) in [6, 6.07) is 1.90. The van der Waals surface area contributed by atoms with E-state index in [-0.39, 0.29) is 10.8 Å². The number of hydrogen-bond acceptors (Lipinski definition) is 2. The summed E-state index contributed by atoms with van der Waals surface area (Å²) >= 11 is 5.45. The van der Waals surface area contributed by atoms with Crippen LogP contribution in [0.1, 0.15) is 0 Å². The smallest absolute Gasteiger partial charge is 0.223 e. The summed E-state index contributed by atoms with van der Waals surface area (Å²) in [5, 5.41) is 0.236. The van der Waals surface area contributed by atoms with Gasteiger partial charge < -0.3 is 0 Å². The number of aromatic nitrogens is 2. The van der Waals surface area contributed by atoms with Crippen LogP contribution in [0.4, 0.5) is 8.78 Å². The van der Waals surface area contributed by atoms with Crippen LogP contribution >= 0.6 is 11.6 Å². The molecular weight excluding hydrogens is 198 g/mol. The van der Waals surface area contributed by atoms with Crippen molar-refractivity contribution < 1.29 is 8.78 Å². The van der Waals surface area contributed by atoms with Crippen molar-refractivity contribution in [3.05, 3.63) is 35.2 Å². The average Bonchev–Trinajstić information content (AvgIpc) is 2.06. The predicted molar refractivity (Wildman–Crippen MR) is 44.5 cm³/mol. The van der Waals surface area contributed by atoms with E-state index in [0.717, 1.165) is 12.1 Å². The van der Waals surface area contributed by atoms with Gasteiger partial charge in [-0.3, -0.25) is 0 Å². The van der Waals surface area contributed by atoms with Crippen LogP contribution in [0.5, 0.6) is 0 Å². The van der Waals surface area contributed by atoms with Crippen LogP contribution in [0.15, 0.2) is 18.3 Å². The lowest BCUT2D eigenvalue weighted by molar-refractivity contribution is 0.590. The van der Waals surface area contributed by atoms with Gasteiger partial charge in [0.15, 0.2) is 5.82 Å². The van der Waals surface area contributed by atoms with Gasteiger partial charge in [-0.25, -0.2) is 18.7 Å². The van der Waals surface area contributed by atoms with Crippen LogP contribution < -0.4 is 0 Å². The maximum atomic E-state index is 13.0. The van der Waals surface area contributed by atoms with E-state index in [0.29, 0.717) is 5.39 Å². The molecule has 0 N–H and O–H groups in total. The molecule has 1 heterocycles. The Morgan fingerprint density at radius 1 is 1.23 bits per heavy atom. The molecule has 0 saturated carbocycles. The lowest BCUT2D eigenvalue weighted by Crippen LogP contribution is -1.89. The first kappa shape index (κ1) is 8.31. The molecule has 0 bridgehead atoms. The minimum atomic E-state index is -0.737. The molecule has 1 aromatic carbocycles. The van der Waals surface area contributed by atoms with E-state index in [4.69, 9.17) is 11.6 Å². The molecule has 0 aliphatic heterocycles. The molecular formula is C8H3ClF2N2. The number of nitrogens with zero attached hydrogens (tertiary/aromatic N) is 2. The molecule has 0 saturated heterocycles. The highest BCUT2D eigenvalue weighted by atomic mass is 35.5. The Balaban J connectivity index is 2.87. The van der Waals surface area contributed by atoms with E-state index in [1.165, 1.54) is 6.20 Å². The summed E-state index contributed by atoms with van der Waals surface area (Å²) in [7, 11) is 0. The van der Waals surface area contributed by atoms with Crippen LogP contribution in [0.2, 0.25) is 5.28 Å². The zero-order valence-electron chi connectivity index (χ0n) is 6.26. The second-order valence-corrected chi connectivity index (χ2v) is 2.80. The second-order valence-electron chi connectivity index (χ2n) is 2.46. The molecule has 0 aliphatic rings. The number of fused-ring (bicyclic) bond motifs is 1. The second kappa shape index (κ2) is 2.88. The molecule has 2 nitrogen and oxygen atoms in total. The molecule has 5 heteroatoms. The molecule has 66 valence electrons. The third-order valence-electron chi connectivity index (χ3n) is 1.57. The van der Waals surface area contributed by atoms with Crippen LogP contribution in [0, 0.1) is 11.6 Å². The summed E-state index contributed by atoms with van der Waals surface area (Å²) in [6.45, 7) is 0. The van der Waals surface area contributed by atoms with Gasteiger partial charge in [0.25, 0.3) is 0 Å². The van der Waals surface area contributed by atoms with E-state index in [1.807, 2.05) is 0 Å². The van der Waals surface area contributed by atoms with Crippen molar-refractivity contribution in [3.8, 4) is 0 Å². The topological polar surface area (TPSA) is 25.8 Å². The molecule has 0 spiro atoms. The average molecular weight is 201 g/mol. The largest absolute Gasteiger partial charge is 0.226 e. The molecule has 2 rings (SSSR count). The monoisotopic (exact) mass is 200 g/mol. The standard InChI is InChI=1S/C8H3ClF2N2/c9-8-12-3-4-1-5(10)2-6(11)7(4)13-8/h1-3H. The Morgan fingerprint density at radius 2 is 2.00 bits per heavy atom. The fourth-order valence-electron chi connectivity index (χ4n) is 1.05. The first-order valence-corrected chi connectivity index (χ1v) is 3.82. The summed E-state index contributed by atoms with van der Waals surface area (Å²) in [5.41, 5.74) is 0.0291. The van der Waals surface area contributed by atoms with Crippen molar-refractivity contribution in [1.82, 2.24) is 9.97 Å². The van der Waals surface area contributed by atoms with Crippen molar-refractivity contribution >= 4 is 22.5 Å². The third kappa shape index (κ3) is 1.45. The Bertz CT molecular complexity index is 473. The molecule has 2 aromatic rings. The molecule has 1 aromatic heterocycles. The van der Waals surface area contributed by atoms with E-state index in [2.05, 4.69) is 9.97 Å². The van der Waals surface area contributed by atoms with Crippen LogP contribution in [-0.2, 0) is 0 Å². The highest BCUT2D eigenvalue weighted by molar-refractivity contribution is 6.28. The minimum absolute atomic E-state index is 0.0291. The lowest BCUT2D eigenvalue weighted by Gasteiger charge is -1.98. The van der Waals surface area contributed by atoms with Crippen molar-refractivity contribution in [2.24, 2.45) is 0 Å². The Kier molecular flexibility index (Phi) is 1.84. The first-order chi connectivity index (χ1) is 6.16. The van der Waals surface area contributed by atoms with Gasteiger partial charge in [-0.2, -0.15) is 0 Å². The van der Waals surface area contributed by atoms with Gasteiger partial charge in [0.05, 0.1) is 0 Å². The van der Waals surface area contributed by atoms with Gasteiger partial charge in [0, 0.05) is 17.6 Å². The van der Waals surface area contributed by atoms with Gasteiger partial charge in [0.1, 0.15) is 11.3 Å². The summed E-state index contributed by atoms with van der Waals surface area (Å²) < 4.78 is 25.7. The fraction of sp³-hybridized carbons (Fsp3) is 0. The fourth-order valence-corrected chi connectivity index (χ4v) is 1.18. The molecule has 0 fully saturated rings. The normalized spacial score (nSPS) is 10.7. The third-order valence-corrected chi connectivity index (χ3v) is 1.75. The highest BCUT2D eigenvalue weighted by Gasteiger charge is 2.05. The van der Waals surface area contributed by atoms with Gasteiger partial charge in [-0.05, 0) is 17.7 Å². The van der Waals surface area contributed by atoms with Gasteiger partial charge in [-0.1, -0.05) is 0 Å². The molecule has 0 atom stereocenters. The number of benzene rings is 1. The maximum absolute atomic E-state index is 13.0. The Morgan fingerprint density at radius 3 is 2.77 bits per heavy atom. The van der Waals surface area contributed by atoms with Crippen LogP contribution in [0.25, 0.3) is 10.9 Å². The van der Waals surface area contributed by atoms with E-state index < -0.39 is 11.6 Å². The molecule has 0 unspecified atom stereocenters. The van der Waals surface area contributed by atoms with E-state index in [1.54, 1.807) is 0 Å². The quantitative estimate of drug-likeness (QED) is 0.611. The van der Waals surface area contributed by atoms with Crippen molar-refractivity contribution in [2.45, 2.75) is 0 Å². The first-order valence-electron chi connectivity index (χ1n) is 3.44. The predicted octanol–water partition coefficient (Wildman–Crippen LogP) is 2.56. The number of hydrogen-bond donors (Lipinski definition) is 0. The van der Waals surface area contributed by atoms with Crippen molar-refractivity contribution in [2.75, 3.05) is 0 Å². The summed E-state index contributed by atoms with van der Waals surface area (Å²) in [6.07, 6.45) is 1.27. The maximum Gasteiger partial charge on any atom is 0.223 e. The zero-order chi connectivity index (χ0) is 9.42. The number of halogens is 3. The minimum Gasteiger partial charge on any atom is -0.226 e. The van der Waals surface area contributed by atoms with Gasteiger partial charge in [0.2, 0.25) is 5.28 Å². The zero-order valence-corrected chi connectivity index (χ0v) is 7.02. The van der Waals surface area contributed by atoms with Crippen LogP contribution in [-0.4, -0.2) is 9.97 Å². The Hall–Kier alpha value is -1.29. The van der Waals surface area contributed by atoms with Crippen LogP contribution in [0.3, 0.4) is 0 Å².